The fourth-order valence-electron chi connectivity index (χ4n) is 2.28. The smallest absolute Gasteiger partial charge is 0.213 e. The summed E-state index contributed by atoms with van der Waals surface area (Å²) in [5.41, 5.74) is 0. The van der Waals surface area contributed by atoms with Gasteiger partial charge in [-0.25, -0.2) is 12.7 Å². The number of aliphatic imine (C=N–C) groups is 1. The molecule has 9 heteroatoms. The summed E-state index contributed by atoms with van der Waals surface area (Å²) >= 11 is 0. The lowest BCUT2D eigenvalue weighted by molar-refractivity contribution is 0.241. The van der Waals surface area contributed by atoms with Gasteiger partial charge in [-0.1, -0.05) is 6.92 Å². The van der Waals surface area contributed by atoms with Crippen LogP contribution in [0.5, 0.6) is 0 Å². The van der Waals surface area contributed by atoms with Gasteiger partial charge in [0, 0.05) is 38.8 Å². The van der Waals surface area contributed by atoms with E-state index in [-0.39, 0.29) is 48.3 Å². The molecule has 1 fully saturated rings. The predicted molar refractivity (Wildman–Crippen MR) is 105 cm³/mol. The molecule has 1 saturated heterocycles. The number of hydrogen-bond donors (Lipinski definition) is 3. The average Bonchev–Trinajstić information content (AvgIpc) is 2.53. The highest BCUT2D eigenvalue weighted by atomic mass is 127. The summed E-state index contributed by atoms with van der Waals surface area (Å²) in [5.74, 6) is 1.03. The normalized spacial score (nSPS) is 19.0. The van der Waals surface area contributed by atoms with E-state index in [1.165, 1.54) is 0 Å². The van der Waals surface area contributed by atoms with Crippen molar-refractivity contribution in [1.82, 2.24) is 14.9 Å². The van der Waals surface area contributed by atoms with E-state index < -0.39 is 10.0 Å². The Kier molecular flexibility index (Phi) is 11.4. The molecule has 23 heavy (non-hydrogen) atoms. The van der Waals surface area contributed by atoms with Gasteiger partial charge in [-0.3, -0.25) is 4.99 Å². The summed E-state index contributed by atoms with van der Waals surface area (Å²) in [4.78, 5) is 4.46. The minimum Gasteiger partial charge on any atom is -0.396 e. The van der Waals surface area contributed by atoms with Crippen LogP contribution in [-0.2, 0) is 10.0 Å². The second-order valence-electron chi connectivity index (χ2n) is 5.73. The maximum absolute atomic E-state index is 11.8. The highest BCUT2D eigenvalue weighted by Crippen LogP contribution is 2.14. The van der Waals surface area contributed by atoms with Crippen molar-refractivity contribution in [2.24, 2.45) is 10.9 Å². The van der Waals surface area contributed by atoms with E-state index >= 15 is 0 Å². The van der Waals surface area contributed by atoms with E-state index in [1.54, 1.807) is 11.2 Å². The molecule has 3 N–H and O–H groups in total. The van der Waals surface area contributed by atoms with Crippen LogP contribution in [0.4, 0.5) is 0 Å². The molecule has 0 saturated carbocycles. The Balaban J connectivity index is 0.00000484. The molecular weight excluding hydrogens is 431 g/mol. The number of nitrogens with zero attached hydrogens (tertiary/aromatic N) is 2. The summed E-state index contributed by atoms with van der Waals surface area (Å²) in [6, 6.07) is 0.227. The van der Waals surface area contributed by atoms with Gasteiger partial charge in [0.15, 0.2) is 5.96 Å². The molecule has 1 unspecified atom stereocenters. The number of sulfonamides is 1. The first kappa shape index (κ1) is 22.9. The zero-order chi connectivity index (χ0) is 16.6. The summed E-state index contributed by atoms with van der Waals surface area (Å²) in [5, 5.41) is 15.6. The van der Waals surface area contributed by atoms with Gasteiger partial charge in [0.05, 0.1) is 5.75 Å². The quantitative estimate of drug-likeness (QED) is 0.293. The number of piperidine rings is 1. The van der Waals surface area contributed by atoms with Crippen molar-refractivity contribution in [3.05, 3.63) is 0 Å². The van der Waals surface area contributed by atoms with Gasteiger partial charge in [0.25, 0.3) is 0 Å². The molecule has 0 bridgehead atoms. The zero-order valence-electron chi connectivity index (χ0n) is 14.3. The Labute approximate surface area is 157 Å². The third-order valence-electron chi connectivity index (χ3n) is 3.77. The van der Waals surface area contributed by atoms with E-state index in [9.17, 15) is 8.42 Å². The lowest BCUT2D eigenvalue weighted by atomic mass is 10.1. The molecule has 0 aromatic heterocycles. The van der Waals surface area contributed by atoms with E-state index in [1.807, 2.05) is 13.8 Å². The highest BCUT2D eigenvalue weighted by molar-refractivity contribution is 14.0. The third kappa shape index (κ3) is 7.99. The summed E-state index contributed by atoms with van der Waals surface area (Å²) in [6.45, 7) is 8.19. The fraction of sp³-hybridized carbons (Fsp3) is 0.929. The number of nitrogens with one attached hydrogen (secondary N) is 2. The van der Waals surface area contributed by atoms with E-state index in [4.69, 9.17) is 5.11 Å². The molecular formula is C14H31IN4O3S. The molecule has 138 valence electrons. The lowest BCUT2D eigenvalue weighted by Gasteiger charge is -2.32. The number of aliphatic hydroxyl groups is 1. The zero-order valence-corrected chi connectivity index (χ0v) is 17.4. The van der Waals surface area contributed by atoms with Crippen LogP contribution in [0.25, 0.3) is 0 Å². The molecule has 0 aromatic carbocycles. The number of hydrogen-bond acceptors (Lipinski definition) is 4. The Bertz CT molecular complexity index is 451. The van der Waals surface area contributed by atoms with E-state index in [0.29, 0.717) is 19.6 Å². The molecule has 7 nitrogen and oxygen atoms in total. The Morgan fingerprint density at radius 2 is 1.96 bits per heavy atom. The molecule has 0 aliphatic carbocycles. The Hall–Kier alpha value is -0.130. The van der Waals surface area contributed by atoms with Crippen molar-refractivity contribution in [3.8, 4) is 0 Å². The lowest BCUT2D eigenvalue weighted by Crippen LogP contribution is -2.50. The first-order chi connectivity index (χ1) is 10.4. The van der Waals surface area contributed by atoms with Crippen molar-refractivity contribution in [1.29, 1.82) is 0 Å². The number of aliphatic hydroxyl groups excluding tert-OH is 1. The van der Waals surface area contributed by atoms with Crippen molar-refractivity contribution < 1.29 is 13.5 Å². The van der Waals surface area contributed by atoms with Gasteiger partial charge in [-0.2, -0.15) is 0 Å². The van der Waals surface area contributed by atoms with Gasteiger partial charge < -0.3 is 15.7 Å². The summed E-state index contributed by atoms with van der Waals surface area (Å²) in [6.07, 6.45) is 1.55. The first-order valence-electron chi connectivity index (χ1n) is 8.06. The summed E-state index contributed by atoms with van der Waals surface area (Å²) in [7, 11) is -3.08. The van der Waals surface area contributed by atoms with Crippen LogP contribution in [0, 0.1) is 5.92 Å². The second-order valence-corrected chi connectivity index (χ2v) is 7.98. The third-order valence-corrected chi connectivity index (χ3v) is 5.65. The largest absolute Gasteiger partial charge is 0.396 e. The number of rotatable bonds is 7. The molecule has 1 atom stereocenters. The maximum Gasteiger partial charge on any atom is 0.213 e. The van der Waals surface area contributed by atoms with Crippen LogP contribution in [0.1, 0.15) is 33.6 Å². The topological polar surface area (TPSA) is 94.0 Å². The van der Waals surface area contributed by atoms with Gasteiger partial charge in [0.1, 0.15) is 0 Å². The fourth-order valence-corrected chi connectivity index (χ4v) is 3.41. The average molecular weight is 462 g/mol. The van der Waals surface area contributed by atoms with Gasteiger partial charge >= 0.3 is 0 Å². The van der Waals surface area contributed by atoms with Crippen LogP contribution >= 0.6 is 24.0 Å². The second kappa shape index (κ2) is 11.4. The highest BCUT2D eigenvalue weighted by Gasteiger charge is 2.26. The van der Waals surface area contributed by atoms with Crippen molar-refractivity contribution in [3.63, 3.8) is 0 Å². The van der Waals surface area contributed by atoms with Gasteiger partial charge in [-0.15, -0.1) is 24.0 Å². The van der Waals surface area contributed by atoms with E-state index in [0.717, 1.165) is 25.3 Å². The van der Waals surface area contributed by atoms with Crippen molar-refractivity contribution >= 4 is 40.0 Å². The monoisotopic (exact) mass is 462 g/mol. The molecule has 1 aliphatic rings. The number of halogens is 1. The number of guanidine groups is 1. The molecule has 1 heterocycles. The molecule has 0 radical (unpaired) electrons. The minimum atomic E-state index is -3.08. The summed E-state index contributed by atoms with van der Waals surface area (Å²) < 4.78 is 25.3. The van der Waals surface area contributed by atoms with Crippen molar-refractivity contribution in [2.45, 2.75) is 39.7 Å². The van der Waals surface area contributed by atoms with E-state index in [2.05, 4.69) is 15.6 Å². The predicted octanol–water partition coefficient (Wildman–Crippen LogP) is 0.602. The SMILES string of the molecule is CCNC(=NCC(C)CO)NC1CCN(S(=O)(=O)CC)CC1.I. The molecule has 1 aliphatic heterocycles. The van der Waals surface area contributed by atoms with Crippen LogP contribution in [0.3, 0.4) is 0 Å². The standard InChI is InChI=1S/C14H30N4O3S.HI/c1-4-15-14(16-10-12(3)11-19)17-13-6-8-18(9-7-13)22(20,21)5-2;/h12-13,19H,4-11H2,1-3H3,(H2,15,16,17);1H. The van der Waals surface area contributed by atoms with Crippen LogP contribution < -0.4 is 10.6 Å². The minimum absolute atomic E-state index is 0. The van der Waals surface area contributed by atoms with Crippen LogP contribution in [0.15, 0.2) is 4.99 Å². The maximum atomic E-state index is 11.8. The van der Waals surface area contributed by atoms with Gasteiger partial charge in [-0.05, 0) is 32.6 Å². The van der Waals surface area contributed by atoms with Crippen molar-refractivity contribution in [2.75, 3.05) is 38.5 Å². The molecule has 0 aromatic rings. The van der Waals surface area contributed by atoms with Crippen LogP contribution in [-0.4, -0.2) is 68.4 Å². The van der Waals surface area contributed by atoms with Gasteiger partial charge in [0.2, 0.25) is 10.0 Å². The molecule has 1 rings (SSSR count). The van der Waals surface area contributed by atoms with Crippen LogP contribution in [0.2, 0.25) is 0 Å². The molecule has 0 spiro atoms. The first-order valence-corrected chi connectivity index (χ1v) is 9.67. The molecule has 0 amide bonds. The Morgan fingerprint density at radius 1 is 1.35 bits per heavy atom. The Morgan fingerprint density at radius 3 is 2.43 bits per heavy atom.